The van der Waals surface area contributed by atoms with Crippen LogP contribution in [0.2, 0.25) is 0 Å². The molecule has 2 aliphatic rings. The minimum absolute atomic E-state index is 0.0851. The van der Waals surface area contributed by atoms with Crippen molar-refractivity contribution in [2.45, 2.75) is 12.6 Å². The minimum Gasteiger partial charge on any atom is -0.373 e. The Morgan fingerprint density at radius 3 is 3.26 bits per heavy atom. The van der Waals surface area contributed by atoms with Crippen LogP contribution in [-0.2, 0) is 6.54 Å². The van der Waals surface area contributed by atoms with Crippen LogP contribution in [0.15, 0.2) is 18.3 Å². The molecule has 0 spiro atoms. The van der Waals surface area contributed by atoms with Gasteiger partial charge in [-0.2, -0.15) is 0 Å². The maximum Gasteiger partial charge on any atom is 0.317 e. The van der Waals surface area contributed by atoms with Crippen LogP contribution in [0.5, 0.6) is 0 Å². The number of rotatable bonds is 3. The molecule has 1 atom stereocenters. The van der Waals surface area contributed by atoms with Crippen molar-refractivity contribution in [1.29, 1.82) is 0 Å². The van der Waals surface area contributed by atoms with Gasteiger partial charge in [0, 0.05) is 51.5 Å². The zero-order valence-electron chi connectivity index (χ0n) is 11.1. The first kappa shape index (κ1) is 12.2. The molecule has 102 valence electrons. The Morgan fingerprint density at radius 1 is 1.53 bits per heavy atom. The van der Waals surface area contributed by atoms with Crippen molar-refractivity contribution in [3.8, 4) is 0 Å². The average Bonchev–Trinajstić information content (AvgIpc) is 2.81. The first-order chi connectivity index (χ1) is 9.28. The van der Waals surface area contributed by atoms with Gasteiger partial charge in [-0.05, 0) is 6.07 Å². The highest BCUT2D eigenvalue weighted by Gasteiger charge is 2.35. The molecule has 2 fully saturated rings. The lowest BCUT2D eigenvalue weighted by molar-refractivity contribution is 0.117. The standard InChI is InChI=1S/C13H19N5O/c1-14-12-10(3-2-4-15-12)8-17-5-6-18-11(9-17)7-16-13(18)19/h2-4,11H,5-9H2,1H3,(H,14,15)(H,16,19). The molecular weight excluding hydrogens is 242 g/mol. The number of hydrogen-bond donors (Lipinski definition) is 2. The van der Waals surface area contributed by atoms with E-state index in [0.29, 0.717) is 6.04 Å². The molecule has 0 bridgehead atoms. The molecule has 2 aliphatic heterocycles. The summed E-state index contributed by atoms with van der Waals surface area (Å²) in [4.78, 5) is 20.2. The molecular formula is C13H19N5O. The van der Waals surface area contributed by atoms with Crippen LogP contribution in [0.4, 0.5) is 10.6 Å². The largest absolute Gasteiger partial charge is 0.373 e. The molecule has 1 unspecified atom stereocenters. The van der Waals surface area contributed by atoms with Crippen LogP contribution >= 0.6 is 0 Å². The molecule has 3 rings (SSSR count). The molecule has 2 saturated heterocycles. The Balaban J connectivity index is 1.67. The highest BCUT2D eigenvalue weighted by atomic mass is 16.2. The van der Waals surface area contributed by atoms with Crippen LogP contribution in [0.3, 0.4) is 0 Å². The van der Waals surface area contributed by atoms with Gasteiger partial charge in [-0.3, -0.25) is 4.90 Å². The van der Waals surface area contributed by atoms with Gasteiger partial charge in [0.2, 0.25) is 0 Å². The molecule has 2 amide bonds. The van der Waals surface area contributed by atoms with E-state index in [2.05, 4.69) is 26.6 Å². The molecule has 0 aliphatic carbocycles. The lowest BCUT2D eigenvalue weighted by Gasteiger charge is -2.36. The van der Waals surface area contributed by atoms with Crippen LogP contribution in [-0.4, -0.2) is 60.1 Å². The normalized spacial score (nSPS) is 23.1. The van der Waals surface area contributed by atoms with Gasteiger partial charge >= 0.3 is 6.03 Å². The van der Waals surface area contributed by atoms with E-state index in [0.717, 1.165) is 38.5 Å². The van der Waals surface area contributed by atoms with E-state index in [4.69, 9.17) is 0 Å². The van der Waals surface area contributed by atoms with Crippen LogP contribution < -0.4 is 10.6 Å². The van der Waals surface area contributed by atoms with E-state index in [1.807, 2.05) is 18.0 Å². The van der Waals surface area contributed by atoms with E-state index in [1.54, 1.807) is 6.20 Å². The molecule has 3 heterocycles. The van der Waals surface area contributed by atoms with E-state index >= 15 is 0 Å². The van der Waals surface area contributed by atoms with Crippen molar-refractivity contribution < 1.29 is 4.79 Å². The number of urea groups is 1. The smallest absolute Gasteiger partial charge is 0.317 e. The van der Waals surface area contributed by atoms with Gasteiger partial charge in [-0.15, -0.1) is 0 Å². The van der Waals surface area contributed by atoms with Gasteiger partial charge in [0.05, 0.1) is 6.04 Å². The van der Waals surface area contributed by atoms with Gasteiger partial charge in [0.1, 0.15) is 5.82 Å². The fourth-order valence-corrected chi connectivity index (χ4v) is 2.84. The highest BCUT2D eigenvalue weighted by Crippen LogP contribution is 2.19. The van der Waals surface area contributed by atoms with Crippen molar-refractivity contribution in [2.24, 2.45) is 0 Å². The van der Waals surface area contributed by atoms with Crippen molar-refractivity contribution >= 4 is 11.8 Å². The van der Waals surface area contributed by atoms with E-state index in [9.17, 15) is 4.79 Å². The fraction of sp³-hybridized carbons (Fsp3) is 0.538. The number of piperazine rings is 1. The molecule has 19 heavy (non-hydrogen) atoms. The summed E-state index contributed by atoms with van der Waals surface area (Å²) in [5, 5.41) is 6.03. The van der Waals surface area contributed by atoms with E-state index < -0.39 is 0 Å². The first-order valence-corrected chi connectivity index (χ1v) is 6.66. The number of fused-ring (bicyclic) bond motifs is 1. The van der Waals surface area contributed by atoms with Gasteiger partial charge in [0.25, 0.3) is 0 Å². The molecule has 0 saturated carbocycles. The Labute approximate surface area is 112 Å². The summed E-state index contributed by atoms with van der Waals surface area (Å²) in [6.07, 6.45) is 1.80. The molecule has 0 aromatic carbocycles. The SMILES string of the molecule is CNc1ncccc1CN1CCN2C(=O)NCC2C1. The van der Waals surface area contributed by atoms with Crippen LogP contribution in [0, 0.1) is 0 Å². The van der Waals surface area contributed by atoms with Gasteiger partial charge in [-0.1, -0.05) is 6.07 Å². The number of aromatic nitrogens is 1. The highest BCUT2D eigenvalue weighted by molar-refractivity contribution is 5.77. The second-order valence-corrected chi connectivity index (χ2v) is 5.03. The summed E-state index contributed by atoms with van der Waals surface area (Å²) >= 11 is 0. The summed E-state index contributed by atoms with van der Waals surface area (Å²) in [6, 6.07) is 4.47. The lowest BCUT2D eigenvalue weighted by atomic mass is 10.1. The van der Waals surface area contributed by atoms with E-state index in [1.165, 1.54) is 5.56 Å². The minimum atomic E-state index is 0.0851. The Kier molecular flexibility index (Phi) is 3.25. The summed E-state index contributed by atoms with van der Waals surface area (Å²) in [7, 11) is 1.89. The summed E-state index contributed by atoms with van der Waals surface area (Å²) in [5.41, 5.74) is 1.20. The zero-order chi connectivity index (χ0) is 13.2. The summed E-state index contributed by atoms with van der Waals surface area (Å²) in [5.74, 6) is 0.936. The molecule has 1 aromatic rings. The maximum atomic E-state index is 11.6. The number of carbonyl (C=O) groups is 1. The Hall–Kier alpha value is -1.82. The van der Waals surface area contributed by atoms with Gasteiger partial charge in [0.15, 0.2) is 0 Å². The molecule has 2 N–H and O–H groups in total. The summed E-state index contributed by atoms with van der Waals surface area (Å²) < 4.78 is 0. The number of hydrogen-bond acceptors (Lipinski definition) is 4. The van der Waals surface area contributed by atoms with Crippen molar-refractivity contribution in [3.63, 3.8) is 0 Å². The van der Waals surface area contributed by atoms with Crippen LogP contribution in [0.25, 0.3) is 0 Å². The molecule has 1 aromatic heterocycles. The number of carbonyl (C=O) groups excluding carboxylic acids is 1. The molecule has 6 nitrogen and oxygen atoms in total. The van der Waals surface area contributed by atoms with Crippen molar-refractivity contribution in [1.82, 2.24) is 20.1 Å². The zero-order valence-corrected chi connectivity index (χ0v) is 11.1. The molecule has 6 heteroatoms. The van der Waals surface area contributed by atoms with E-state index in [-0.39, 0.29) is 6.03 Å². The second kappa shape index (κ2) is 5.05. The third kappa shape index (κ3) is 2.35. The third-order valence-electron chi connectivity index (χ3n) is 3.84. The topological polar surface area (TPSA) is 60.5 Å². The Bertz CT molecular complexity index is 478. The molecule has 0 radical (unpaired) electrons. The van der Waals surface area contributed by atoms with Crippen molar-refractivity contribution in [3.05, 3.63) is 23.9 Å². The Morgan fingerprint density at radius 2 is 2.42 bits per heavy atom. The quantitative estimate of drug-likeness (QED) is 0.823. The predicted octanol–water partition coefficient (Wildman–Crippen LogP) is 0.333. The number of pyridine rings is 1. The number of nitrogens with zero attached hydrogens (tertiary/aromatic N) is 3. The predicted molar refractivity (Wildman–Crippen MR) is 73.0 cm³/mol. The first-order valence-electron chi connectivity index (χ1n) is 6.66. The lowest BCUT2D eigenvalue weighted by Crippen LogP contribution is -2.51. The number of amides is 2. The van der Waals surface area contributed by atoms with Crippen molar-refractivity contribution in [2.75, 3.05) is 38.5 Å². The maximum absolute atomic E-state index is 11.6. The average molecular weight is 261 g/mol. The second-order valence-electron chi connectivity index (χ2n) is 5.03. The van der Waals surface area contributed by atoms with Crippen LogP contribution in [0.1, 0.15) is 5.56 Å². The number of anilines is 1. The summed E-state index contributed by atoms with van der Waals surface area (Å²) in [6.45, 7) is 4.30. The monoisotopic (exact) mass is 261 g/mol. The number of nitrogens with one attached hydrogen (secondary N) is 2. The van der Waals surface area contributed by atoms with Gasteiger partial charge < -0.3 is 15.5 Å². The fourth-order valence-electron chi connectivity index (χ4n) is 2.84. The third-order valence-corrected chi connectivity index (χ3v) is 3.84. The van der Waals surface area contributed by atoms with Gasteiger partial charge in [-0.25, -0.2) is 9.78 Å².